The third-order valence-corrected chi connectivity index (χ3v) is 6.76. The molecule has 2 amide bonds. The van der Waals surface area contributed by atoms with Crippen LogP contribution in [0.5, 0.6) is 11.5 Å². The molecule has 2 atom stereocenters. The van der Waals surface area contributed by atoms with Crippen molar-refractivity contribution in [3.05, 3.63) is 58.7 Å². The van der Waals surface area contributed by atoms with Crippen LogP contribution in [0.4, 0.5) is 0 Å². The van der Waals surface area contributed by atoms with E-state index >= 15 is 0 Å². The second-order valence-electron chi connectivity index (χ2n) is 10.6. The SMILES string of the molecule is Cc1ccc(C(C)C)c(OCC(=O)N[C@@H]2CCCC[C@H]2NC(=O)COc2cc(C)ccc2C(C)C)c1. The van der Waals surface area contributed by atoms with Gasteiger partial charge in [0.05, 0.1) is 0 Å². The maximum absolute atomic E-state index is 12.8. The standard InChI is InChI=1S/C30H42N2O4/c1-19(2)23-13-11-21(5)15-27(23)35-17-29(33)31-25-9-7-8-10-26(25)32-30(34)18-36-28-16-22(6)12-14-24(28)20(3)4/h11-16,19-20,25-26H,7-10,17-18H2,1-6H3,(H,31,33)(H,32,34)/t25-,26-/m1/s1. The predicted octanol–water partition coefficient (Wildman–Crippen LogP) is 5.55. The Kier molecular flexibility index (Phi) is 9.80. The molecule has 36 heavy (non-hydrogen) atoms. The van der Waals surface area contributed by atoms with Gasteiger partial charge in [0.2, 0.25) is 0 Å². The van der Waals surface area contributed by atoms with E-state index in [4.69, 9.17) is 9.47 Å². The lowest BCUT2D eigenvalue weighted by molar-refractivity contribution is -0.127. The van der Waals surface area contributed by atoms with Gasteiger partial charge in [0.15, 0.2) is 13.2 Å². The van der Waals surface area contributed by atoms with E-state index in [1.54, 1.807) is 0 Å². The molecule has 2 N–H and O–H groups in total. The average molecular weight is 495 g/mol. The third-order valence-electron chi connectivity index (χ3n) is 6.76. The number of hydrogen-bond acceptors (Lipinski definition) is 4. The largest absolute Gasteiger partial charge is 0.483 e. The molecule has 0 unspecified atom stereocenters. The number of aryl methyl sites for hydroxylation is 2. The van der Waals surface area contributed by atoms with Crippen LogP contribution in [0.15, 0.2) is 36.4 Å². The fourth-order valence-corrected chi connectivity index (χ4v) is 4.75. The van der Waals surface area contributed by atoms with Crippen molar-refractivity contribution >= 4 is 11.8 Å². The van der Waals surface area contributed by atoms with Crippen LogP contribution in [-0.4, -0.2) is 37.1 Å². The second kappa shape index (κ2) is 12.8. The highest BCUT2D eigenvalue weighted by Crippen LogP contribution is 2.28. The zero-order chi connectivity index (χ0) is 26.2. The zero-order valence-corrected chi connectivity index (χ0v) is 22.6. The highest BCUT2D eigenvalue weighted by molar-refractivity contribution is 5.79. The summed E-state index contributed by atoms with van der Waals surface area (Å²) in [6.45, 7) is 12.4. The molecule has 0 radical (unpaired) electrons. The first-order valence-corrected chi connectivity index (χ1v) is 13.2. The Morgan fingerprint density at radius 2 is 1.14 bits per heavy atom. The average Bonchev–Trinajstić information content (AvgIpc) is 2.82. The summed E-state index contributed by atoms with van der Waals surface area (Å²) in [5.74, 6) is 1.77. The van der Waals surface area contributed by atoms with Gasteiger partial charge in [-0.25, -0.2) is 0 Å². The van der Waals surface area contributed by atoms with Gasteiger partial charge in [-0.15, -0.1) is 0 Å². The van der Waals surface area contributed by atoms with Crippen molar-refractivity contribution in [2.24, 2.45) is 0 Å². The number of amides is 2. The van der Waals surface area contributed by atoms with Crippen LogP contribution in [0.3, 0.4) is 0 Å². The Bertz CT molecular complexity index is 964. The van der Waals surface area contributed by atoms with Gasteiger partial charge in [0.1, 0.15) is 11.5 Å². The number of carbonyl (C=O) groups is 2. The molecule has 3 rings (SSSR count). The summed E-state index contributed by atoms with van der Waals surface area (Å²) >= 11 is 0. The van der Waals surface area contributed by atoms with Gasteiger partial charge in [0.25, 0.3) is 11.8 Å². The molecule has 0 heterocycles. The Labute approximate surface area is 216 Å². The van der Waals surface area contributed by atoms with Crippen molar-refractivity contribution in [3.8, 4) is 11.5 Å². The van der Waals surface area contributed by atoms with E-state index in [0.29, 0.717) is 11.8 Å². The molecule has 196 valence electrons. The Morgan fingerprint density at radius 3 is 1.50 bits per heavy atom. The van der Waals surface area contributed by atoms with Gasteiger partial charge in [-0.2, -0.15) is 0 Å². The first-order chi connectivity index (χ1) is 17.1. The van der Waals surface area contributed by atoms with Gasteiger partial charge >= 0.3 is 0 Å². The van der Waals surface area contributed by atoms with E-state index in [1.165, 1.54) is 0 Å². The first-order valence-electron chi connectivity index (χ1n) is 13.2. The number of nitrogens with one attached hydrogen (secondary N) is 2. The molecule has 0 spiro atoms. The van der Waals surface area contributed by atoms with Crippen molar-refractivity contribution in [3.63, 3.8) is 0 Å². The monoisotopic (exact) mass is 494 g/mol. The molecule has 6 heteroatoms. The molecule has 2 aromatic rings. The highest BCUT2D eigenvalue weighted by Gasteiger charge is 2.28. The quantitative estimate of drug-likeness (QED) is 0.454. The zero-order valence-electron chi connectivity index (χ0n) is 22.6. The molecule has 1 saturated carbocycles. The number of rotatable bonds is 10. The molecule has 6 nitrogen and oxygen atoms in total. The van der Waals surface area contributed by atoms with Crippen LogP contribution in [0.25, 0.3) is 0 Å². The summed E-state index contributed by atoms with van der Waals surface area (Å²) in [5, 5.41) is 6.19. The molecular formula is C30H42N2O4. The van der Waals surface area contributed by atoms with Crippen molar-refractivity contribution in [2.45, 2.75) is 91.1 Å². The van der Waals surface area contributed by atoms with Crippen molar-refractivity contribution in [1.29, 1.82) is 0 Å². The first kappa shape index (κ1) is 27.6. The number of ether oxygens (including phenoxy) is 2. The minimum atomic E-state index is -0.171. The Hall–Kier alpha value is -3.02. The highest BCUT2D eigenvalue weighted by atomic mass is 16.5. The van der Waals surface area contributed by atoms with E-state index < -0.39 is 0 Å². The maximum Gasteiger partial charge on any atom is 0.258 e. The van der Waals surface area contributed by atoms with Gasteiger partial charge < -0.3 is 20.1 Å². The van der Waals surface area contributed by atoms with Crippen molar-refractivity contribution in [2.75, 3.05) is 13.2 Å². The normalized spacial score (nSPS) is 17.7. The van der Waals surface area contributed by atoms with Crippen molar-refractivity contribution in [1.82, 2.24) is 10.6 Å². The minimum Gasteiger partial charge on any atom is -0.483 e. The summed E-state index contributed by atoms with van der Waals surface area (Å²) in [6.07, 6.45) is 3.69. The lowest BCUT2D eigenvalue weighted by Crippen LogP contribution is -2.54. The van der Waals surface area contributed by atoms with E-state index in [1.807, 2.05) is 26.0 Å². The summed E-state index contributed by atoms with van der Waals surface area (Å²) < 4.78 is 11.8. The smallest absolute Gasteiger partial charge is 0.258 e. The fourth-order valence-electron chi connectivity index (χ4n) is 4.75. The van der Waals surface area contributed by atoms with E-state index in [-0.39, 0.29) is 37.1 Å². The molecule has 2 aromatic carbocycles. The molecular weight excluding hydrogens is 452 g/mol. The lowest BCUT2D eigenvalue weighted by atomic mass is 9.90. The maximum atomic E-state index is 12.8. The van der Waals surface area contributed by atoms with Gasteiger partial charge in [-0.1, -0.05) is 64.8 Å². The van der Waals surface area contributed by atoms with Gasteiger partial charge in [-0.05, 0) is 72.9 Å². The molecule has 0 saturated heterocycles. The molecule has 1 aliphatic rings. The summed E-state index contributed by atoms with van der Waals surface area (Å²) in [4.78, 5) is 25.5. The van der Waals surface area contributed by atoms with E-state index in [9.17, 15) is 9.59 Å². The fraction of sp³-hybridized carbons (Fsp3) is 0.533. The summed E-state index contributed by atoms with van der Waals surface area (Å²) in [5.41, 5.74) is 4.37. The van der Waals surface area contributed by atoms with Crippen LogP contribution in [-0.2, 0) is 9.59 Å². The lowest BCUT2D eigenvalue weighted by Gasteiger charge is -2.32. The van der Waals surface area contributed by atoms with Gasteiger partial charge in [-0.3, -0.25) is 9.59 Å². The summed E-state index contributed by atoms with van der Waals surface area (Å²) in [6, 6.07) is 12.0. The predicted molar refractivity (Wildman–Crippen MR) is 144 cm³/mol. The number of benzene rings is 2. The third kappa shape index (κ3) is 7.74. The second-order valence-corrected chi connectivity index (χ2v) is 10.6. The topological polar surface area (TPSA) is 76.7 Å². The number of carbonyl (C=O) groups excluding carboxylic acids is 2. The molecule has 0 bridgehead atoms. The van der Waals surface area contributed by atoms with E-state index in [0.717, 1.165) is 59.4 Å². The van der Waals surface area contributed by atoms with Crippen LogP contribution in [0.2, 0.25) is 0 Å². The van der Waals surface area contributed by atoms with E-state index in [2.05, 4.69) is 62.6 Å². The Balaban J connectivity index is 1.54. The minimum absolute atomic E-state index is 0.0468. The van der Waals surface area contributed by atoms with Crippen LogP contribution in [0, 0.1) is 13.8 Å². The Morgan fingerprint density at radius 1 is 0.750 bits per heavy atom. The van der Waals surface area contributed by atoms with Gasteiger partial charge in [0, 0.05) is 12.1 Å². The number of hydrogen-bond donors (Lipinski definition) is 2. The van der Waals surface area contributed by atoms with Crippen LogP contribution >= 0.6 is 0 Å². The molecule has 0 aliphatic heterocycles. The van der Waals surface area contributed by atoms with Crippen molar-refractivity contribution < 1.29 is 19.1 Å². The van der Waals surface area contributed by atoms with Crippen LogP contribution in [0.1, 0.15) is 87.5 Å². The molecule has 1 fully saturated rings. The summed E-state index contributed by atoms with van der Waals surface area (Å²) in [7, 11) is 0. The molecule has 0 aromatic heterocycles. The van der Waals surface area contributed by atoms with Crippen LogP contribution < -0.4 is 20.1 Å². The molecule has 1 aliphatic carbocycles.